The maximum Gasteiger partial charge on any atom is 0.376 e. The van der Waals surface area contributed by atoms with Crippen molar-refractivity contribution in [2.24, 2.45) is 5.92 Å². The molecular formula is C44H45BN5O8. The minimum Gasteiger partial charge on any atom is -0.496 e. The number of esters is 1. The van der Waals surface area contributed by atoms with Gasteiger partial charge >= 0.3 is 13.4 Å². The lowest BCUT2D eigenvalue weighted by atomic mass is 9.89. The highest BCUT2D eigenvalue weighted by Gasteiger charge is 2.43. The fourth-order valence-electron chi connectivity index (χ4n) is 7.90. The molecule has 0 spiro atoms. The number of nitrogens with zero attached hydrogens (tertiary/aromatic N) is 2. The van der Waals surface area contributed by atoms with Crippen LogP contribution in [0.1, 0.15) is 65.7 Å². The number of methoxy groups -OCH3 is 1. The largest absolute Gasteiger partial charge is 0.496 e. The molecule has 58 heavy (non-hydrogen) atoms. The number of benzene rings is 4. The van der Waals surface area contributed by atoms with E-state index >= 15 is 0 Å². The summed E-state index contributed by atoms with van der Waals surface area (Å²) in [5.41, 5.74) is 13.9. The first kappa shape index (κ1) is 40.0. The smallest absolute Gasteiger partial charge is 0.376 e. The number of hydrogen-bond acceptors (Lipinski definition) is 11. The SMILES string of the molecule is COc1cc2c(cc1C)N([B]C=O)[C@@H](O)C1CC(c3ccc(NN[C@@H](C)C(=O)NC(C(=O)C(=O)OCC4c5ccccc5-c5ccccc54)C(C)C)cc3)=CN1C2=O. The number of carbonyl (C=O) groups is 5. The highest BCUT2D eigenvalue weighted by atomic mass is 16.5. The first-order valence-corrected chi connectivity index (χ1v) is 19.2. The van der Waals surface area contributed by atoms with E-state index in [9.17, 15) is 29.1 Å². The lowest BCUT2D eigenvalue weighted by Crippen LogP contribution is -2.53. The molecule has 0 bridgehead atoms. The van der Waals surface area contributed by atoms with Crippen molar-refractivity contribution < 1.29 is 38.6 Å². The predicted octanol–water partition coefficient (Wildman–Crippen LogP) is 4.58. The zero-order valence-corrected chi connectivity index (χ0v) is 32.9. The van der Waals surface area contributed by atoms with Crippen molar-refractivity contribution >= 4 is 54.1 Å². The number of fused-ring (bicyclic) bond motifs is 5. The van der Waals surface area contributed by atoms with Crippen molar-refractivity contribution in [2.45, 2.75) is 64.4 Å². The Balaban J connectivity index is 0.953. The number of anilines is 2. The van der Waals surface area contributed by atoms with Gasteiger partial charge in [-0.3, -0.25) is 14.4 Å². The van der Waals surface area contributed by atoms with Gasteiger partial charge in [0.05, 0.1) is 18.7 Å². The lowest BCUT2D eigenvalue weighted by molar-refractivity contribution is -0.155. The second-order valence-electron chi connectivity index (χ2n) is 15.1. The molecule has 2 amide bonds. The summed E-state index contributed by atoms with van der Waals surface area (Å²) in [7, 11) is 2.74. The standard InChI is InChI=1S/C44H45BN5O8/c1-24(2)39(40(52)44(56)58-22-35-32-12-8-6-10-30(32)31-11-7-9-13-33(31)35)46-41(53)26(4)47-48-29-16-14-27(15-17-29)28-19-37-43(55)50(45-23-51)36-18-25(3)38(57-5)20-34(36)42(54)49(37)21-28/h6-18,20-21,23-24,26,35,37,39,43,47-48,55H,19,22H2,1-5H3,(H,46,53)/t26-,37?,39?,43-/m0/s1. The highest BCUT2D eigenvalue weighted by Crippen LogP contribution is 2.45. The molecule has 0 saturated carbocycles. The Labute approximate surface area is 337 Å². The lowest BCUT2D eigenvalue weighted by Gasteiger charge is -2.32. The zero-order chi connectivity index (χ0) is 41.2. The summed E-state index contributed by atoms with van der Waals surface area (Å²) in [6.45, 7) is 6.94. The maximum absolute atomic E-state index is 13.8. The van der Waals surface area contributed by atoms with Gasteiger partial charge in [0.2, 0.25) is 5.91 Å². The zero-order valence-electron chi connectivity index (χ0n) is 32.9. The van der Waals surface area contributed by atoms with Crippen molar-refractivity contribution in [1.82, 2.24) is 15.6 Å². The number of aliphatic hydroxyl groups is 1. The van der Waals surface area contributed by atoms with E-state index in [0.717, 1.165) is 39.0 Å². The Bertz CT molecular complexity index is 2250. The van der Waals surface area contributed by atoms with Crippen molar-refractivity contribution in [3.63, 3.8) is 0 Å². The molecule has 3 aliphatic rings. The fraction of sp³-hybridized carbons (Fsp3) is 0.295. The summed E-state index contributed by atoms with van der Waals surface area (Å²) in [5, 5.41) is 14.2. The number of rotatable bonds is 14. The Hall–Kier alpha value is -6.25. The van der Waals surface area contributed by atoms with Crippen molar-refractivity contribution in [1.29, 1.82) is 0 Å². The number of nitrogens with one attached hydrogen (secondary N) is 3. The quantitative estimate of drug-likeness (QED) is 0.0465. The summed E-state index contributed by atoms with van der Waals surface area (Å²) in [6, 6.07) is 23.9. The number of aryl methyl sites for hydroxylation is 1. The maximum atomic E-state index is 13.8. The highest BCUT2D eigenvalue weighted by molar-refractivity contribution is 6.70. The number of hydrogen-bond donors (Lipinski definition) is 4. The van der Waals surface area contributed by atoms with E-state index in [4.69, 9.17) is 9.47 Å². The first-order chi connectivity index (χ1) is 27.9. The molecule has 4 N–H and O–H groups in total. The van der Waals surface area contributed by atoms with Gasteiger partial charge in [-0.2, -0.15) is 0 Å². The van der Waals surface area contributed by atoms with E-state index < -0.39 is 42.0 Å². The Morgan fingerprint density at radius 2 is 1.60 bits per heavy atom. The number of hydrazine groups is 1. The predicted molar refractivity (Wildman–Crippen MR) is 220 cm³/mol. The van der Waals surface area contributed by atoms with E-state index in [-0.39, 0.29) is 24.3 Å². The summed E-state index contributed by atoms with van der Waals surface area (Å²) in [6.07, 6.45) is 1.43. The molecule has 0 aromatic heterocycles. The molecule has 14 heteroatoms. The van der Waals surface area contributed by atoms with Crippen LogP contribution in [0.2, 0.25) is 0 Å². The Morgan fingerprint density at radius 1 is 0.948 bits per heavy atom. The molecule has 2 heterocycles. The first-order valence-electron chi connectivity index (χ1n) is 19.2. The second kappa shape index (κ2) is 16.7. The van der Waals surface area contributed by atoms with Crippen molar-refractivity contribution in [3.8, 4) is 16.9 Å². The number of carbonyl (C=O) groups excluding carboxylic acids is 5. The van der Waals surface area contributed by atoms with Gasteiger partial charge in [0.15, 0.2) is 0 Å². The summed E-state index contributed by atoms with van der Waals surface area (Å²) in [4.78, 5) is 68.1. The van der Waals surface area contributed by atoms with Crippen LogP contribution in [-0.2, 0) is 23.9 Å². The van der Waals surface area contributed by atoms with Gasteiger partial charge in [-0.25, -0.2) is 10.2 Å². The molecule has 2 aliphatic heterocycles. The van der Waals surface area contributed by atoms with Crippen LogP contribution in [0.3, 0.4) is 0 Å². The molecule has 1 radical (unpaired) electrons. The van der Waals surface area contributed by atoms with Crippen LogP contribution in [0.5, 0.6) is 5.75 Å². The summed E-state index contributed by atoms with van der Waals surface area (Å²) < 4.78 is 11.0. The van der Waals surface area contributed by atoms with Gasteiger partial charge in [0, 0.05) is 23.5 Å². The molecule has 297 valence electrons. The van der Waals surface area contributed by atoms with Crippen LogP contribution in [0, 0.1) is 12.8 Å². The van der Waals surface area contributed by atoms with Gasteiger partial charge in [0.25, 0.3) is 11.7 Å². The second-order valence-corrected chi connectivity index (χ2v) is 15.1. The summed E-state index contributed by atoms with van der Waals surface area (Å²) in [5.74, 6) is -2.73. The average Bonchev–Trinajstić information content (AvgIpc) is 3.80. The molecule has 0 fully saturated rings. The number of ether oxygens (including phenoxy) is 2. The third-order valence-electron chi connectivity index (χ3n) is 11.1. The molecular weight excluding hydrogens is 737 g/mol. The molecule has 13 nitrogen and oxygen atoms in total. The molecule has 1 aliphatic carbocycles. The molecule has 2 unspecified atom stereocenters. The number of ketones is 1. The molecule has 0 saturated heterocycles. The van der Waals surface area contributed by atoms with Gasteiger partial charge in [-0.05, 0) is 89.4 Å². The number of aliphatic hydroxyl groups excluding tert-OH is 1. The number of amides is 2. The molecule has 7 rings (SSSR count). The van der Waals surface area contributed by atoms with Crippen LogP contribution in [0.15, 0.2) is 91.1 Å². The molecule has 4 aromatic carbocycles. The Morgan fingerprint density at radius 3 is 2.22 bits per heavy atom. The van der Waals surface area contributed by atoms with E-state index in [2.05, 4.69) is 16.2 Å². The normalized spacial score (nSPS) is 17.8. The molecule has 4 aromatic rings. The minimum atomic E-state index is -1.20. The average molecular weight is 783 g/mol. The molecule has 4 atom stereocenters. The van der Waals surface area contributed by atoms with E-state index in [1.54, 1.807) is 51.2 Å². The van der Waals surface area contributed by atoms with E-state index in [1.807, 2.05) is 67.6 Å². The van der Waals surface area contributed by atoms with Crippen LogP contribution < -0.4 is 25.7 Å². The van der Waals surface area contributed by atoms with Crippen LogP contribution in [-0.4, -0.2) is 85.2 Å². The Kier molecular flexibility index (Phi) is 11.5. The van der Waals surface area contributed by atoms with Gasteiger partial charge in [0.1, 0.15) is 36.9 Å². The van der Waals surface area contributed by atoms with Gasteiger partial charge < -0.3 is 39.8 Å². The third-order valence-corrected chi connectivity index (χ3v) is 11.1. The van der Waals surface area contributed by atoms with Crippen LogP contribution >= 0.6 is 0 Å². The van der Waals surface area contributed by atoms with E-state index in [0.29, 0.717) is 35.3 Å². The fourth-order valence-corrected chi connectivity index (χ4v) is 7.90. The van der Waals surface area contributed by atoms with Gasteiger partial charge in [-0.15, -0.1) is 0 Å². The van der Waals surface area contributed by atoms with Crippen LogP contribution in [0.4, 0.5) is 11.4 Å². The van der Waals surface area contributed by atoms with Crippen LogP contribution in [0.25, 0.3) is 16.7 Å². The number of Topliss-reactive ketones (excluding diaryl/α,β-unsaturated/α-hetero) is 1. The van der Waals surface area contributed by atoms with Crippen molar-refractivity contribution in [3.05, 3.63) is 119 Å². The summed E-state index contributed by atoms with van der Waals surface area (Å²) >= 11 is 0. The monoisotopic (exact) mass is 782 g/mol. The third kappa shape index (κ3) is 7.60. The van der Waals surface area contributed by atoms with Crippen molar-refractivity contribution in [2.75, 3.05) is 24.0 Å². The van der Waals surface area contributed by atoms with E-state index in [1.165, 1.54) is 24.2 Å². The topological polar surface area (TPSA) is 167 Å². The minimum absolute atomic E-state index is 0.00309. The van der Waals surface area contributed by atoms with Gasteiger partial charge in [-0.1, -0.05) is 74.5 Å².